The molecule has 1 aliphatic rings. The van der Waals surface area contributed by atoms with Crippen LogP contribution in [0.4, 0.5) is 0 Å². The van der Waals surface area contributed by atoms with Gasteiger partial charge in [-0.15, -0.1) is 0 Å². The summed E-state index contributed by atoms with van der Waals surface area (Å²) in [5.74, 6) is 1.39. The van der Waals surface area contributed by atoms with Gasteiger partial charge in [-0.3, -0.25) is 0 Å². The largest absolute Gasteiger partial charge is 0.389 e. The Morgan fingerprint density at radius 3 is 2.50 bits per heavy atom. The van der Waals surface area contributed by atoms with Crippen LogP contribution >= 0.6 is 0 Å². The third kappa shape index (κ3) is 4.04. The van der Waals surface area contributed by atoms with E-state index in [-0.39, 0.29) is 0 Å². The van der Waals surface area contributed by atoms with Crippen molar-refractivity contribution in [1.82, 2.24) is 4.90 Å². The molecule has 1 aliphatic carbocycles. The lowest BCUT2D eigenvalue weighted by molar-refractivity contribution is 0.00842. The van der Waals surface area contributed by atoms with Crippen LogP contribution in [0.5, 0.6) is 0 Å². The van der Waals surface area contributed by atoms with Crippen molar-refractivity contribution in [2.45, 2.75) is 51.7 Å². The van der Waals surface area contributed by atoms with E-state index >= 15 is 0 Å². The molecule has 0 radical (unpaired) electrons. The summed E-state index contributed by atoms with van der Waals surface area (Å²) in [6.07, 6.45) is 3.75. The summed E-state index contributed by atoms with van der Waals surface area (Å²) in [7, 11) is 2.11. The molecule has 3 atom stereocenters. The van der Waals surface area contributed by atoms with Crippen LogP contribution < -0.4 is 5.73 Å². The van der Waals surface area contributed by atoms with E-state index in [4.69, 9.17) is 5.73 Å². The predicted octanol–water partition coefficient (Wildman–Crippen LogP) is 1.45. The number of likely N-dealkylation sites (N-methyl/N-ethyl adjacent to an activating group) is 1. The SMILES string of the molecule is CC1CCC(CN)C(N(C)CC(C)(C)O)C1. The molecule has 0 saturated heterocycles. The second-order valence-corrected chi connectivity index (χ2v) is 6.21. The monoisotopic (exact) mass is 228 g/mol. The highest BCUT2D eigenvalue weighted by molar-refractivity contribution is 4.87. The normalized spacial score (nSPS) is 32.1. The molecule has 0 heterocycles. The number of aliphatic hydroxyl groups is 1. The molecular weight excluding hydrogens is 200 g/mol. The molecule has 0 aliphatic heterocycles. The molecule has 3 heteroatoms. The van der Waals surface area contributed by atoms with Crippen molar-refractivity contribution < 1.29 is 5.11 Å². The van der Waals surface area contributed by atoms with E-state index in [2.05, 4.69) is 18.9 Å². The standard InChI is InChI=1S/C13H28N2O/c1-10-5-6-11(8-14)12(7-10)15(4)9-13(2,3)16/h10-12,16H,5-9,14H2,1-4H3. The molecule has 0 bridgehead atoms. The summed E-state index contributed by atoms with van der Waals surface area (Å²) in [5, 5.41) is 9.87. The summed E-state index contributed by atoms with van der Waals surface area (Å²) in [6, 6.07) is 0.542. The van der Waals surface area contributed by atoms with Gasteiger partial charge in [0.1, 0.15) is 0 Å². The van der Waals surface area contributed by atoms with Crippen molar-refractivity contribution in [2.75, 3.05) is 20.1 Å². The zero-order chi connectivity index (χ0) is 12.3. The van der Waals surface area contributed by atoms with Crippen LogP contribution in [-0.2, 0) is 0 Å². The lowest BCUT2D eigenvalue weighted by atomic mass is 9.78. The van der Waals surface area contributed by atoms with Crippen molar-refractivity contribution in [1.29, 1.82) is 0 Å². The Morgan fingerprint density at radius 1 is 1.38 bits per heavy atom. The van der Waals surface area contributed by atoms with Gasteiger partial charge in [0.2, 0.25) is 0 Å². The van der Waals surface area contributed by atoms with Gasteiger partial charge in [-0.1, -0.05) is 13.3 Å². The summed E-state index contributed by atoms with van der Waals surface area (Å²) in [4.78, 5) is 2.30. The highest BCUT2D eigenvalue weighted by Gasteiger charge is 2.32. The number of nitrogens with two attached hydrogens (primary N) is 1. The maximum atomic E-state index is 9.87. The molecule has 16 heavy (non-hydrogen) atoms. The van der Waals surface area contributed by atoms with E-state index in [1.54, 1.807) is 0 Å². The fourth-order valence-corrected chi connectivity index (χ4v) is 2.96. The highest BCUT2D eigenvalue weighted by Crippen LogP contribution is 2.31. The molecular formula is C13H28N2O. The molecule has 1 saturated carbocycles. The number of hydrogen-bond acceptors (Lipinski definition) is 3. The van der Waals surface area contributed by atoms with Crippen LogP contribution in [0.1, 0.15) is 40.0 Å². The van der Waals surface area contributed by atoms with Crippen molar-refractivity contribution in [3.05, 3.63) is 0 Å². The summed E-state index contributed by atoms with van der Waals surface area (Å²) in [5.41, 5.74) is 5.23. The van der Waals surface area contributed by atoms with Gasteiger partial charge in [0, 0.05) is 12.6 Å². The minimum Gasteiger partial charge on any atom is -0.389 e. The van der Waals surface area contributed by atoms with Gasteiger partial charge in [-0.25, -0.2) is 0 Å². The Morgan fingerprint density at radius 2 is 2.00 bits per heavy atom. The van der Waals surface area contributed by atoms with Crippen LogP contribution in [0, 0.1) is 11.8 Å². The summed E-state index contributed by atoms with van der Waals surface area (Å²) in [6.45, 7) is 7.55. The first-order valence-corrected chi connectivity index (χ1v) is 6.46. The van der Waals surface area contributed by atoms with E-state index in [0.717, 1.165) is 19.0 Å². The van der Waals surface area contributed by atoms with Crippen molar-refractivity contribution in [3.63, 3.8) is 0 Å². The molecule has 0 amide bonds. The molecule has 3 nitrogen and oxygen atoms in total. The van der Waals surface area contributed by atoms with Gasteiger partial charge in [-0.05, 0) is 52.1 Å². The lowest BCUT2D eigenvalue weighted by Gasteiger charge is -2.41. The van der Waals surface area contributed by atoms with Crippen LogP contribution in [-0.4, -0.2) is 41.8 Å². The number of nitrogens with zero attached hydrogens (tertiary/aromatic N) is 1. The van der Waals surface area contributed by atoms with Gasteiger partial charge >= 0.3 is 0 Å². The van der Waals surface area contributed by atoms with E-state index in [1.165, 1.54) is 19.3 Å². The molecule has 0 aromatic rings. The van der Waals surface area contributed by atoms with Crippen LogP contribution in [0.25, 0.3) is 0 Å². The first kappa shape index (κ1) is 13.9. The average Bonchev–Trinajstić information content (AvgIpc) is 2.15. The zero-order valence-electron chi connectivity index (χ0n) is 11.2. The molecule has 1 rings (SSSR count). The average molecular weight is 228 g/mol. The molecule has 0 aromatic heterocycles. The molecule has 0 aromatic carbocycles. The molecule has 96 valence electrons. The summed E-state index contributed by atoms with van der Waals surface area (Å²) < 4.78 is 0. The maximum absolute atomic E-state index is 9.87. The second-order valence-electron chi connectivity index (χ2n) is 6.21. The van der Waals surface area contributed by atoms with Gasteiger partial charge in [-0.2, -0.15) is 0 Å². The van der Waals surface area contributed by atoms with Gasteiger partial charge in [0.25, 0.3) is 0 Å². The number of rotatable bonds is 4. The molecule has 3 N–H and O–H groups in total. The predicted molar refractivity (Wildman–Crippen MR) is 68.3 cm³/mol. The van der Waals surface area contributed by atoms with E-state index < -0.39 is 5.60 Å². The van der Waals surface area contributed by atoms with Crippen LogP contribution in [0.15, 0.2) is 0 Å². The van der Waals surface area contributed by atoms with Gasteiger partial charge in [0.15, 0.2) is 0 Å². The minimum atomic E-state index is -0.616. The Hall–Kier alpha value is -0.120. The smallest absolute Gasteiger partial charge is 0.0718 e. The van der Waals surface area contributed by atoms with Crippen molar-refractivity contribution in [3.8, 4) is 0 Å². The van der Waals surface area contributed by atoms with Crippen LogP contribution in [0.2, 0.25) is 0 Å². The van der Waals surface area contributed by atoms with E-state index in [0.29, 0.717) is 12.0 Å². The first-order valence-electron chi connectivity index (χ1n) is 6.46. The Kier molecular flexibility index (Phi) is 4.77. The van der Waals surface area contributed by atoms with Crippen molar-refractivity contribution in [2.24, 2.45) is 17.6 Å². The topological polar surface area (TPSA) is 49.5 Å². The molecule has 1 fully saturated rings. The maximum Gasteiger partial charge on any atom is 0.0718 e. The zero-order valence-corrected chi connectivity index (χ0v) is 11.2. The fourth-order valence-electron chi connectivity index (χ4n) is 2.96. The summed E-state index contributed by atoms with van der Waals surface area (Å²) >= 11 is 0. The van der Waals surface area contributed by atoms with Gasteiger partial charge < -0.3 is 15.7 Å². The first-order chi connectivity index (χ1) is 7.33. The third-order valence-electron chi connectivity index (χ3n) is 3.72. The second kappa shape index (κ2) is 5.48. The van der Waals surface area contributed by atoms with E-state index in [9.17, 15) is 5.11 Å². The molecule has 3 unspecified atom stereocenters. The van der Waals surface area contributed by atoms with E-state index in [1.807, 2.05) is 13.8 Å². The molecule has 0 spiro atoms. The Labute approximate surface area is 100 Å². The minimum absolute atomic E-state index is 0.542. The fraction of sp³-hybridized carbons (Fsp3) is 1.00. The number of hydrogen-bond donors (Lipinski definition) is 2. The Balaban J connectivity index is 2.59. The quantitative estimate of drug-likeness (QED) is 0.766. The Bertz CT molecular complexity index is 212. The highest BCUT2D eigenvalue weighted by atomic mass is 16.3. The van der Waals surface area contributed by atoms with Crippen LogP contribution in [0.3, 0.4) is 0 Å². The van der Waals surface area contributed by atoms with Gasteiger partial charge in [0.05, 0.1) is 5.60 Å². The van der Waals surface area contributed by atoms with Crippen molar-refractivity contribution >= 4 is 0 Å². The third-order valence-corrected chi connectivity index (χ3v) is 3.72. The lowest BCUT2D eigenvalue weighted by Crippen LogP contribution is -2.49.